The van der Waals surface area contributed by atoms with Gasteiger partial charge in [-0.1, -0.05) is 50.2 Å². The Balaban J connectivity index is 1.42. The summed E-state index contributed by atoms with van der Waals surface area (Å²) in [6.45, 7) is 6.82. The van der Waals surface area contributed by atoms with Crippen LogP contribution >= 0.6 is 0 Å². The van der Waals surface area contributed by atoms with Crippen LogP contribution in [0.4, 0.5) is 11.4 Å². The molecule has 0 aromatic heterocycles. The summed E-state index contributed by atoms with van der Waals surface area (Å²) in [5.74, 6) is 0.835. The fourth-order valence-electron chi connectivity index (χ4n) is 5.47. The zero-order chi connectivity index (χ0) is 25.4. The van der Waals surface area contributed by atoms with Crippen LogP contribution in [0.5, 0.6) is 0 Å². The van der Waals surface area contributed by atoms with Crippen LogP contribution in [0.1, 0.15) is 66.3 Å². The lowest BCUT2D eigenvalue weighted by atomic mass is 9.80. The molecular weight excluding hydrogens is 470 g/mol. The number of hydrogen-bond donors (Lipinski definition) is 3. The minimum atomic E-state index is -3.82. The molecule has 36 heavy (non-hydrogen) atoms. The van der Waals surface area contributed by atoms with Crippen molar-refractivity contribution in [2.75, 3.05) is 16.6 Å². The van der Waals surface area contributed by atoms with Crippen LogP contribution in [-0.2, 0) is 16.4 Å². The van der Waals surface area contributed by atoms with Crippen LogP contribution in [0.3, 0.4) is 0 Å². The standard InChI is InChI=1S/C29H33N3O3S/c1-18(2)15-20-7-9-21(10-8-20)28-25-13-14-30-29(25)26-17-24(11-12-27(26)31-28)36(34,35)32-23-6-4-5-22(16-23)19(3)33/h4-12,16-18,25,28-32H,13-15H2,1-3H3/t25?,28-,29?/m0/s1. The number of anilines is 2. The fraction of sp³-hybridized carbons (Fsp3) is 0.345. The van der Waals surface area contributed by atoms with Crippen LogP contribution < -0.4 is 15.4 Å². The van der Waals surface area contributed by atoms with E-state index in [1.807, 2.05) is 6.07 Å². The normalized spacial score (nSPS) is 20.9. The summed E-state index contributed by atoms with van der Waals surface area (Å²) in [4.78, 5) is 11.9. The average Bonchev–Trinajstić information content (AvgIpc) is 3.34. The third kappa shape index (κ3) is 4.90. The molecule has 7 heteroatoms. The second-order valence-electron chi connectivity index (χ2n) is 10.3. The summed E-state index contributed by atoms with van der Waals surface area (Å²) in [6.07, 6.45) is 2.09. The molecule has 3 aromatic rings. The van der Waals surface area contributed by atoms with Gasteiger partial charge in [-0.25, -0.2) is 8.42 Å². The Morgan fingerprint density at radius 3 is 2.53 bits per heavy atom. The summed E-state index contributed by atoms with van der Waals surface area (Å²) in [6, 6.07) is 21.0. The molecular formula is C29H33N3O3S. The summed E-state index contributed by atoms with van der Waals surface area (Å²) < 4.78 is 29.1. The number of carbonyl (C=O) groups is 1. The number of rotatable bonds is 7. The molecule has 2 unspecified atom stereocenters. The summed E-state index contributed by atoms with van der Waals surface area (Å²) >= 11 is 0. The van der Waals surface area contributed by atoms with E-state index in [2.05, 4.69) is 53.5 Å². The molecule has 3 atom stereocenters. The maximum absolute atomic E-state index is 13.2. The van der Waals surface area contributed by atoms with E-state index in [0.717, 1.165) is 30.6 Å². The van der Waals surface area contributed by atoms with Gasteiger partial charge in [-0.3, -0.25) is 9.52 Å². The molecule has 3 aromatic carbocycles. The van der Waals surface area contributed by atoms with E-state index in [9.17, 15) is 13.2 Å². The lowest BCUT2D eigenvalue weighted by Crippen LogP contribution is -2.32. The maximum Gasteiger partial charge on any atom is 0.261 e. The number of benzene rings is 3. The van der Waals surface area contributed by atoms with Crippen LogP contribution in [-0.4, -0.2) is 20.7 Å². The molecule has 1 fully saturated rings. The maximum atomic E-state index is 13.2. The molecule has 188 valence electrons. The molecule has 0 spiro atoms. The van der Waals surface area contributed by atoms with Gasteiger partial charge in [0.15, 0.2) is 5.78 Å². The molecule has 0 bridgehead atoms. The van der Waals surface area contributed by atoms with Gasteiger partial charge in [0.25, 0.3) is 10.0 Å². The van der Waals surface area contributed by atoms with E-state index in [1.54, 1.807) is 36.4 Å². The van der Waals surface area contributed by atoms with Gasteiger partial charge in [-0.05, 0) is 79.3 Å². The van der Waals surface area contributed by atoms with Crippen molar-refractivity contribution in [2.45, 2.75) is 50.6 Å². The largest absolute Gasteiger partial charge is 0.378 e. The molecule has 3 N–H and O–H groups in total. The number of ketones is 1. The van der Waals surface area contributed by atoms with Crippen molar-refractivity contribution in [1.82, 2.24) is 5.32 Å². The van der Waals surface area contributed by atoms with Crippen LogP contribution in [0.25, 0.3) is 0 Å². The molecule has 5 rings (SSSR count). The summed E-state index contributed by atoms with van der Waals surface area (Å²) in [5.41, 5.74) is 5.38. The molecule has 2 aliphatic heterocycles. The second-order valence-corrected chi connectivity index (χ2v) is 12.0. The van der Waals surface area contributed by atoms with Crippen molar-refractivity contribution < 1.29 is 13.2 Å². The average molecular weight is 504 g/mol. The molecule has 0 radical (unpaired) electrons. The predicted molar refractivity (Wildman–Crippen MR) is 144 cm³/mol. The molecule has 0 amide bonds. The lowest BCUT2D eigenvalue weighted by Gasteiger charge is -2.37. The lowest BCUT2D eigenvalue weighted by molar-refractivity contribution is 0.101. The number of sulfonamides is 1. The van der Waals surface area contributed by atoms with Gasteiger partial charge >= 0.3 is 0 Å². The zero-order valence-corrected chi connectivity index (χ0v) is 21.7. The third-order valence-electron chi connectivity index (χ3n) is 7.18. The smallest absolute Gasteiger partial charge is 0.261 e. The third-order valence-corrected chi connectivity index (χ3v) is 8.56. The van der Waals surface area contributed by atoms with Gasteiger partial charge in [-0.15, -0.1) is 0 Å². The van der Waals surface area contributed by atoms with Gasteiger partial charge in [0.1, 0.15) is 0 Å². The number of carbonyl (C=O) groups excluding carboxylic acids is 1. The quantitative estimate of drug-likeness (QED) is 0.360. The van der Waals surface area contributed by atoms with Crippen molar-refractivity contribution in [3.8, 4) is 0 Å². The highest BCUT2D eigenvalue weighted by Crippen LogP contribution is 2.47. The van der Waals surface area contributed by atoms with E-state index in [-0.39, 0.29) is 22.8 Å². The minimum absolute atomic E-state index is 0.0813. The molecule has 0 saturated carbocycles. The van der Waals surface area contributed by atoms with Crippen LogP contribution in [0, 0.1) is 11.8 Å². The Kier molecular flexibility index (Phi) is 6.62. The van der Waals surface area contributed by atoms with E-state index in [0.29, 0.717) is 23.1 Å². The first-order valence-corrected chi connectivity index (χ1v) is 14.1. The number of Topliss-reactive ketones (excluding diaryl/α,β-unsaturated/α-hetero) is 1. The van der Waals surface area contributed by atoms with E-state index < -0.39 is 10.0 Å². The van der Waals surface area contributed by atoms with Gasteiger partial charge in [0, 0.05) is 28.9 Å². The Morgan fingerprint density at radius 1 is 1.03 bits per heavy atom. The monoisotopic (exact) mass is 503 g/mol. The number of hydrogen-bond acceptors (Lipinski definition) is 5. The second kappa shape index (κ2) is 9.71. The Hall–Kier alpha value is -3.16. The van der Waals surface area contributed by atoms with Crippen molar-refractivity contribution in [2.24, 2.45) is 11.8 Å². The van der Waals surface area contributed by atoms with Crippen LogP contribution in [0.2, 0.25) is 0 Å². The highest BCUT2D eigenvalue weighted by Gasteiger charge is 2.40. The molecule has 6 nitrogen and oxygen atoms in total. The molecule has 2 aliphatic rings. The summed E-state index contributed by atoms with van der Waals surface area (Å²) in [5, 5.41) is 7.31. The van der Waals surface area contributed by atoms with E-state index >= 15 is 0 Å². The fourth-order valence-corrected chi connectivity index (χ4v) is 6.56. The predicted octanol–water partition coefficient (Wildman–Crippen LogP) is 5.71. The topological polar surface area (TPSA) is 87.3 Å². The van der Waals surface area contributed by atoms with Crippen LogP contribution in [0.15, 0.2) is 71.6 Å². The van der Waals surface area contributed by atoms with Gasteiger partial charge in [0.2, 0.25) is 0 Å². The first-order chi connectivity index (χ1) is 17.2. The first kappa shape index (κ1) is 24.5. The molecule has 1 saturated heterocycles. The SMILES string of the molecule is CC(=O)c1cccc(NS(=O)(=O)c2ccc3c(c2)C2NCCC2[C@H](c2ccc(CC(C)C)cc2)N3)c1. The zero-order valence-electron chi connectivity index (χ0n) is 20.9. The number of nitrogens with one attached hydrogen (secondary N) is 3. The molecule has 0 aliphatic carbocycles. The highest BCUT2D eigenvalue weighted by atomic mass is 32.2. The van der Waals surface area contributed by atoms with Crippen molar-refractivity contribution >= 4 is 27.2 Å². The van der Waals surface area contributed by atoms with E-state index in [4.69, 9.17) is 0 Å². The summed E-state index contributed by atoms with van der Waals surface area (Å²) in [7, 11) is -3.82. The van der Waals surface area contributed by atoms with Gasteiger partial charge in [0.05, 0.1) is 10.9 Å². The van der Waals surface area contributed by atoms with Gasteiger partial charge < -0.3 is 10.6 Å². The van der Waals surface area contributed by atoms with Crippen molar-refractivity contribution in [3.05, 3.63) is 89.0 Å². The Bertz CT molecular complexity index is 1380. The number of fused-ring (bicyclic) bond motifs is 3. The highest BCUT2D eigenvalue weighted by molar-refractivity contribution is 7.92. The van der Waals surface area contributed by atoms with Crippen molar-refractivity contribution in [3.63, 3.8) is 0 Å². The molecule has 2 heterocycles. The minimum Gasteiger partial charge on any atom is -0.378 e. The first-order valence-electron chi connectivity index (χ1n) is 12.6. The Morgan fingerprint density at radius 2 is 1.81 bits per heavy atom. The van der Waals surface area contributed by atoms with Crippen molar-refractivity contribution in [1.29, 1.82) is 0 Å². The Labute approximate surface area is 213 Å². The van der Waals surface area contributed by atoms with Gasteiger partial charge in [-0.2, -0.15) is 0 Å². The van der Waals surface area contributed by atoms with E-state index in [1.165, 1.54) is 18.1 Å².